The third-order valence-corrected chi connectivity index (χ3v) is 7.51. The average Bonchev–Trinajstić information content (AvgIpc) is 3.43. The van der Waals surface area contributed by atoms with Gasteiger partial charge >= 0.3 is 5.97 Å². The second-order valence-corrected chi connectivity index (χ2v) is 10.9. The highest BCUT2D eigenvalue weighted by Crippen LogP contribution is 2.61. The molecule has 190 valence electrons. The Kier molecular flexibility index (Phi) is 6.54. The van der Waals surface area contributed by atoms with Crippen LogP contribution in [0.5, 0.6) is 5.75 Å². The summed E-state index contributed by atoms with van der Waals surface area (Å²) < 4.78 is 12.0. The number of carboxylic acids is 1. The van der Waals surface area contributed by atoms with Crippen molar-refractivity contribution in [3.05, 3.63) is 76.9 Å². The third-order valence-electron chi connectivity index (χ3n) is 7.51. The molecule has 1 aliphatic heterocycles. The third kappa shape index (κ3) is 4.85. The van der Waals surface area contributed by atoms with Crippen LogP contribution in [0, 0.1) is 12.8 Å². The minimum Gasteiger partial charge on any atom is -0.488 e. The Labute approximate surface area is 212 Å². The van der Waals surface area contributed by atoms with Crippen LogP contribution in [-0.4, -0.2) is 47.1 Å². The number of rotatable bonds is 10. The van der Waals surface area contributed by atoms with Crippen LogP contribution in [0.4, 0.5) is 0 Å². The van der Waals surface area contributed by atoms with E-state index in [2.05, 4.69) is 55.6 Å². The van der Waals surface area contributed by atoms with Gasteiger partial charge in [-0.05, 0) is 61.6 Å². The van der Waals surface area contributed by atoms with Gasteiger partial charge in [0.25, 0.3) is 0 Å². The molecule has 6 nitrogen and oxygen atoms in total. The van der Waals surface area contributed by atoms with Gasteiger partial charge in [-0.15, -0.1) is 0 Å². The molecule has 0 bridgehead atoms. The predicted octanol–water partition coefficient (Wildman–Crippen LogP) is 4.76. The molecule has 0 saturated heterocycles. The van der Waals surface area contributed by atoms with Gasteiger partial charge in [-0.25, -0.2) is 0 Å². The van der Waals surface area contributed by atoms with E-state index in [1.165, 1.54) is 16.3 Å². The Morgan fingerprint density at radius 3 is 2.64 bits per heavy atom. The number of aliphatic hydroxyl groups excluding tert-OH is 1. The molecular formula is C30H35NO5. The highest BCUT2D eigenvalue weighted by atomic mass is 16.5. The smallest absolute Gasteiger partial charge is 0.311 e. The van der Waals surface area contributed by atoms with Crippen molar-refractivity contribution in [3.63, 3.8) is 0 Å². The Balaban J connectivity index is 1.16. The topological polar surface area (TPSA) is 88.0 Å². The van der Waals surface area contributed by atoms with Gasteiger partial charge in [-0.2, -0.15) is 0 Å². The van der Waals surface area contributed by atoms with Gasteiger partial charge < -0.3 is 25.0 Å². The Morgan fingerprint density at radius 1 is 1.14 bits per heavy atom. The highest BCUT2D eigenvalue weighted by molar-refractivity contribution is 5.83. The molecule has 0 aromatic heterocycles. The van der Waals surface area contributed by atoms with Gasteiger partial charge in [0.15, 0.2) is 0 Å². The van der Waals surface area contributed by atoms with Gasteiger partial charge in [0, 0.05) is 23.6 Å². The van der Waals surface area contributed by atoms with E-state index in [1.54, 1.807) is 0 Å². The molecule has 3 aromatic carbocycles. The summed E-state index contributed by atoms with van der Waals surface area (Å²) in [4.78, 5) is 11.5. The number of hydrogen-bond acceptors (Lipinski definition) is 5. The molecule has 1 fully saturated rings. The summed E-state index contributed by atoms with van der Waals surface area (Å²) in [5.41, 5.74) is 3.97. The number of ether oxygens (including phenoxy) is 2. The number of nitrogens with one attached hydrogen (secondary N) is 1. The summed E-state index contributed by atoms with van der Waals surface area (Å²) in [6.07, 6.45) is -0.385. The molecule has 3 N–H and O–H groups in total. The zero-order valence-corrected chi connectivity index (χ0v) is 21.3. The number of aliphatic hydroxyl groups is 1. The van der Waals surface area contributed by atoms with Crippen LogP contribution in [0.1, 0.15) is 55.0 Å². The summed E-state index contributed by atoms with van der Waals surface area (Å²) in [6, 6.07) is 18.9. The van der Waals surface area contributed by atoms with E-state index >= 15 is 0 Å². The van der Waals surface area contributed by atoms with Gasteiger partial charge in [-0.1, -0.05) is 54.6 Å². The largest absolute Gasteiger partial charge is 0.488 e. The van der Waals surface area contributed by atoms with Crippen LogP contribution in [0.2, 0.25) is 0 Å². The first-order valence-electron chi connectivity index (χ1n) is 12.7. The maximum Gasteiger partial charge on any atom is 0.311 e. The maximum absolute atomic E-state index is 11.5. The van der Waals surface area contributed by atoms with Crippen molar-refractivity contribution in [2.24, 2.45) is 5.92 Å². The lowest BCUT2D eigenvalue weighted by Gasteiger charge is -2.28. The summed E-state index contributed by atoms with van der Waals surface area (Å²) in [7, 11) is 0. The summed E-state index contributed by atoms with van der Waals surface area (Å²) in [6.45, 7) is 8.79. The van der Waals surface area contributed by atoms with Crippen molar-refractivity contribution in [1.82, 2.24) is 5.32 Å². The number of hydrogen-bond donors (Lipinski definition) is 3. The molecule has 5 atom stereocenters. The fraction of sp³-hybridized carbons (Fsp3) is 0.433. The van der Waals surface area contributed by atoms with E-state index < -0.39 is 18.0 Å². The van der Waals surface area contributed by atoms with Gasteiger partial charge in [0.05, 0.1) is 18.8 Å². The average molecular weight is 490 g/mol. The highest BCUT2D eigenvalue weighted by Gasteiger charge is 2.64. The molecule has 4 unspecified atom stereocenters. The first-order valence-corrected chi connectivity index (χ1v) is 12.7. The van der Waals surface area contributed by atoms with Crippen molar-refractivity contribution in [3.8, 4) is 5.75 Å². The van der Waals surface area contributed by atoms with E-state index in [-0.39, 0.29) is 30.3 Å². The van der Waals surface area contributed by atoms with E-state index in [0.29, 0.717) is 6.54 Å². The lowest BCUT2D eigenvalue weighted by molar-refractivity contribution is -0.139. The molecule has 0 radical (unpaired) electrons. The van der Waals surface area contributed by atoms with Crippen LogP contribution in [-0.2, 0) is 16.0 Å². The normalized spacial score (nSPS) is 22.0. The molecule has 0 spiro atoms. The molecule has 6 heteroatoms. The van der Waals surface area contributed by atoms with Crippen molar-refractivity contribution in [2.45, 2.75) is 63.9 Å². The second kappa shape index (κ2) is 9.51. The first-order chi connectivity index (χ1) is 17.1. The minimum atomic E-state index is -0.815. The fourth-order valence-electron chi connectivity index (χ4n) is 5.50. The number of benzene rings is 3. The number of fused-ring (bicyclic) bond motifs is 4. The number of carbonyl (C=O) groups is 1. The van der Waals surface area contributed by atoms with Crippen LogP contribution in [0.3, 0.4) is 0 Å². The van der Waals surface area contributed by atoms with Crippen LogP contribution in [0.25, 0.3) is 10.8 Å². The zero-order chi connectivity index (χ0) is 25.6. The monoisotopic (exact) mass is 489 g/mol. The van der Waals surface area contributed by atoms with Crippen molar-refractivity contribution in [2.75, 3.05) is 13.2 Å². The first kappa shape index (κ1) is 24.8. The molecule has 1 saturated carbocycles. The molecule has 0 amide bonds. The van der Waals surface area contributed by atoms with E-state index in [4.69, 9.17) is 9.47 Å². The van der Waals surface area contributed by atoms with Crippen LogP contribution < -0.4 is 10.1 Å². The number of carboxylic acid groups (broad SMARTS) is 1. The fourth-order valence-corrected chi connectivity index (χ4v) is 5.50. The maximum atomic E-state index is 11.5. The predicted molar refractivity (Wildman–Crippen MR) is 140 cm³/mol. The summed E-state index contributed by atoms with van der Waals surface area (Å²) in [5, 5.41) is 26.1. The molecule has 1 heterocycles. The van der Waals surface area contributed by atoms with E-state index in [0.717, 1.165) is 28.9 Å². The van der Waals surface area contributed by atoms with E-state index in [9.17, 15) is 15.0 Å². The quantitative estimate of drug-likeness (QED) is 0.381. The molecule has 2 aliphatic rings. The van der Waals surface area contributed by atoms with Crippen molar-refractivity contribution in [1.29, 1.82) is 0 Å². The minimum absolute atomic E-state index is 0.110. The van der Waals surface area contributed by atoms with Crippen LogP contribution in [0.15, 0.2) is 54.6 Å². The van der Waals surface area contributed by atoms with Gasteiger partial charge in [0.2, 0.25) is 0 Å². The number of aryl methyl sites for hydroxylation is 1. The van der Waals surface area contributed by atoms with Gasteiger partial charge in [0.1, 0.15) is 17.8 Å². The standard InChI is InChI=1S/C30H35NO5/c1-17-9-12-23(24-25-26(29(33)34)28(25)36-27(17)24)18(2)35-16-22(32)15-31-30(3,4)14-19-10-11-20-7-5-6-8-21(20)13-19/h5-13,18,22,25-26,28,31-32H,14-16H2,1-4H3,(H,33,34)/t18?,22-,25?,26?,28?/m0/s1. The number of aliphatic carboxylic acids is 1. The second-order valence-electron chi connectivity index (χ2n) is 10.9. The Bertz CT molecular complexity index is 1290. The van der Waals surface area contributed by atoms with Gasteiger partial charge in [-0.3, -0.25) is 4.79 Å². The molecule has 36 heavy (non-hydrogen) atoms. The van der Waals surface area contributed by atoms with Crippen molar-refractivity contribution < 1.29 is 24.5 Å². The summed E-state index contributed by atoms with van der Waals surface area (Å²) in [5.74, 6) is -0.608. The Hall–Kier alpha value is -2.93. The van der Waals surface area contributed by atoms with E-state index in [1.807, 2.05) is 32.0 Å². The number of β-amino-alcohol motifs (C(OH)–C–C–N with tert-alkyl or cyclic N) is 1. The molecule has 5 rings (SSSR count). The zero-order valence-electron chi connectivity index (χ0n) is 21.3. The molecule has 1 aliphatic carbocycles. The van der Waals surface area contributed by atoms with Crippen molar-refractivity contribution >= 4 is 16.7 Å². The summed E-state index contributed by atoms with van der Waals surface area (Å²) >= 11 is 0. The SMILES string of the molecule is Cc1ccc(C(C)OC[C@@H](O)CNC(C)(C)Cc2ccc3ccccc3c2)c2c1OC1C(C(=O)O)C21. The Morgan fingerprint density at radius 2 is 1.89 bits per heavy atom. The molecule has 3 aromatic rings. The molecular weight excluding hydrogens is 454 g/mol. The lowest BCUT2D eigenvalue weighted by atomic mass is 9.93. The lowest BCUT2D eigenvalue weighted by Crippen LogP contribution is -2.46. The van der Waals surface area contributed by atoms with Crippen LogP contribution >= 0.6 is 0 Å².